The first-order valence-corrected chi connectivity index (χ1v) is 9.12. The van der Waals surface area contributed by atoms with Gasteiger partial charge in [-0.1, -0.05) is 12.1 Å². The Hall–Kier alpha value is -2.56. The summed E-state index contributed by atoms with van der Waals surface area (Å²) in [6, 6.07) is 12.8. The zero-order chi connectivity index (χ0) is 18.5. The molecule has 5 heteroatoms. The molecule has 1 fully saturated rings. The molecule has 0 aromatic heterocycles. The second-order valence-electron chi connectivity index (χ2n) is 6.84. The fourth-order valence-corrected chi connectivity index (χ4v) is 3.25. The van der Waals surface area contributed by atoms with Crippen molar-refractivity contribution >= 4 is 17.3 Å². The number of benzene rings is 2. The number of aryl methyl sites for hydroxylation is 2. The van der Waals surface area contributed by atoms with E-state index in [2.05, 4.69) is 42.3 Å². The van der Waals surface area contributed by atoms with Crippen molar-refractivity contribution in [2.24, 2.45) is 0 Å². The van der Waals surface area contributed by atoms with Gasteiger partial charge in [-0.3, -0.25) is 4.79 Å². The zero-order valence-electron chi connectivity index (χ0n) is 15.5. The number of hydrogen-bond donors (Lipinski definition) is 1. The second kappa shape index (κ2) is 8.21. The Balaban J connectivity index is 1.45. The highest BCUT2D eigenvalue weighted by Crippen LogP contribution is 2.18. The molecule has 0 atom stereocenters. The molecule has 0 radical (unpaired) electrons. The number of halogens is 1. The number of anilines is 2. The molecule has 3 rings (SSSR count). The first kappa shape index (κ1) is 18.2. The number of nitrogens with zero attached hydrogens (tertiary/aromatic N) is 2. The van der Waals surface area contributed by atoms with Crippen molar-refractivity contribution in [1.82, 2.24) is 4.90 Å². The molecular formula is C21H26FN3O. The van der Waals surface area contributed by atoms with Crippen LogP contribution in [0.4, 0.5) is 15.8 Å². The quantitative estimate of drug-likeness (QED) is 0.890. The van der Waals surface area contributed by atoms with Gasteiger partial charge < -0.3 is 15.1 Å². The number of carbonyl (C=O) groups excluding carboxylic acids is 1. The van der Waals surface area contributed by atoms with Crippen molar-refractivity contribution in [3.8, 4) is 0 Å². The first-order valence-electron chi connectivity index (χ1n) is 9.12. The van der Waals surface area contributed by atoms with E-state index in [1.165, 1.54) is 23.3 Å². The average Bonchev–Trinajstić information content (AvgIpc) is 2.65. The monoisotopic (exact) mass is 355 g/mol. The van der Waals surface area contributed by atoms with Gasteiger partial charge in [0, 0.05) is 50.5 Å². The van der Waals surface area contributed by atoms with E-state index in [1.54, 1.807) is 12.1 Å². The number of hydrogen-bond acceptors (Lipinski definition) is 3. The van der Waals surface area contributed by atoms with Crippen LogP contribution in [0.5, 0.6) is 0 Å². The lowest BCUT2D eigenvalue weighted by molar-refractivity contribution is -0.131. The van der Waals surface area contributed by atoms with Crippen molar-refractivity contribution in [2.45, 2.75) is 20.3 Å². The van der Waals surface area contributed by atoms with E-state index in [9.17, 15) is 9.18 Å². The van der Waals surface area contributed by atoms with Crippen LogP contribution in [0.2, 0.25) is 0 Å². The first-order chi connectivity index (χ1) is 12.5. The third-order valence-corrected chi connectivity index (χ3v) is 4.87. The van der Waals surface area contributed by atoms with Crippen LogP contribution in [-0.2, 0) is 4.79 Å². The summed E-state index contributed by atoms with van der Waals surface area (Å²) in [5, 5.41) is 3.37. The molecule has 1 aliphatic heterocycles. The van der Waals surface area contributed by atoms with Crippen LogP contribution >= 0.6 is 0 Å². The largest absolute Gasteiger partial charge is 0.384 e. The number of piperazine rings is 1. The molecule has 1 heterocycles. The van der Waals surface area contributed by atoms with Gasteiger partial charge in [-0.15, -0.1) is 0 Å². The van der Waals surface area contributed by atoms with Crippen molar-refractivity contribution in [3.05, 3.63) is 59.4 Å². The Morgan fingerprint density at radius 1 is 1.04 bits per heavy atom. The molecule has 0 aliphatic carbocycles. The lowest BCUT2D eigenvalue weighted by atomic mass is 10.1. The highest BCUT2D eigenvalue weighted by Gasteiger charge is 2.21. The zero-order valence-corrected chi connectivity index (χ0v) is 15.5. The van der Waals surface area contributed by atoms with Gasteiger partial charge in [-0.2, -0.15) is 0 Å². The molecular weight excluding hydrogens is 329 g/mol. The molecule has 0 bridgehead atoms. The predicted molar refractivity (Wildman–Crippen MR) is 104 cm³/mol. The van der Waals surface area contributed by atoms with E-state index < -0.39 is 0 Å². The molecule has 0 saturated carbocycles. The van der Waals surface area contributed by atoms with E-state index in [0.29, 0.717) is 26.1 Å². The molecule has 1 aliphatic rings. The third kappa shape index (κ3) is 4.54. The SMILES string of the molecule is Cc1ccc(C)c(NCCC(=O)N2CCN(c3ccc(F)cc3)CC2)c1. The summed E-state index contributed by atoms with van der Waals surface area (Å²) >= 11 is 0. The van der Waals surface area contributed by atoms with Crippen molar-refractivity contribution < 1.29 is 9.18 Å². The molecule has 138 valence electrons. The number of nitrogens with one attached hydrogen (secondary N) is 1. The average molecular weight is 355 g/mol. The van der Waals surface area contributed by atoms with Gasteiger partial charge in [0.1, 0.15) is 5.82 Å². The number of amides is 1. The normalized spacial score (nSPS) is 14.4. The molecule has 26 heavy (non-hydrogen) atoms. The predicted octanol–water partition coefficient (Wildman–Crippen LogP) is 3.59. The van der Waals surface area contributed by atoms with Gasteiger partial charge in [-0.05, 0) is 55.3 Å². The van der Waals surface area contributed by atoms with Gasteiger partial charge in [0.25, 0.3) is 0 Å². The van der Waals surface area contributed by atoms with Crippen LogP contribution in [0.3, 0.4) is 0 Å². The lowest BCUT2D eigenvalue weighted by Crippen LogP contribution is -2.49. The summed E-state index contributed by atoms with van der Waals surface area (Å²) in [5.41, 5.74) is 4.51. The topological polar surface area (TPSA) is 35.6 Å². The van der Waals surface area contributed by atoms with Crippen molar-refractivity contribution in [3.63, 3.8) is 0 Å². The molecule has 0 spiro atoms. The fraction of sp³-hybridized carbons (Fsp3) is 0.381. The van der Waals surface area contributed by atoms with Gasteiger partial charge in [0.15, 0.2) is 0 Å². The van der Waals surface area contributed by atoms with Gasteiger partial charge >= 0.3 is 0 Å². The van der Waals surface area contributed by atoms with Crippen LogP contribution in [0, 0.1) is 19.7 Å². The van der Waals surface area contributed by atoms with E-state index in [1.807, 2.05) is 4.90 Å². The summed E-state index contributed by atoms with van der Waals surface area (Å²) in [4.78, 5) is 16.6. The highest BCUT2D eigenvalue weighted by molar-refractivity contribution is 5.77. The van der Waals surface area contributed by atoms with E-state index >= 15 is 0 Å². The van der Waals surface area contributed by atoms with Crippen molar-refractivity contribution in [1.29, 1.82) is 0 Å². The molecule has 1 amide bonds. The molecule has 2 aromatic carbocycles. The van der Waals surface area contributed by atoms with Crippen LogP contribution in [0.25, 0.3) is 0 Å². The maximum absolute atomic E-state index is 13.0. The summed E-state index contributed by atoms with van der Waals surface area (Å²) < 4.78 is 13.0. The van der Waals surface area contributed by atoms with Gasteiger partial charge in [0.2, 0.25) is 5.91 Å². The second-order valence-corrected chi connectivity index (χ2v) is 6.84. The Labute approximate surface area is 154 Å². The summed E-state index contributed by atoms with van der Waals surface area (Å²) in [7, 11) is 0. The molecule has 4 nitrogen and oxygen atoms in total. The number of rotatable bonds is 5. The van der Waals surface area contributed by atoms with Gasteiger partial charge in [-0.25, -0.2) is 4.39 Å². The van der Waals surface area contributed by atoms with E-state index in [0.717, 1.165) is 24.5 Å². The van der Waals surface area contributed by atoms with Crippen LogP contribution in [0.1, 0.15) is 17.5 Å². The fourth-order valence-electron chi connectivity index (χ4n) is 3.25. The maximum Gasteiger partial charge on any atom is 0.224 e. The molecule has 0 unspecified atom stereocenters. The van der Waals surface area contributed by atoms with E-state index in [-0.39, 0.29) is 11.7 Å². The maximum atomic E-state index is 13.0. The Morgan fingerprint density at radius 3 is 2.42 bits per heavy atom. The van der Waals surface area contributed by atoms with Crippen LogP contribution < -0.4 is 10.2 Å². The molecule has 1 N–H and O–H groups in total. The third-order valence-electron chi connectivity index (χ3n) is 4.87. The van der Waals surface area contributed by atoms with Crippen molar-refractivity contribution in [2.75, 3.05) is 42.9 Å². The minimum Gasteiger partial charge on any atom is -0.384 e. The summed E-state index contributed by atoms with van der Waals surface area (Å²) in [6.07, 6.45) is 0.490. The Bertz CT molecular complexity index is 752. The highest BCUT2D eigenvalue weighted by atomic mass is 19.1. The molecule has 2 aromatic rings. The number of carbonyl (C=O) groups is 1. The minimum absolute atomic E-state index is 0.182. The molecule has 1 saturated heterocycles. The van der Waals surface area contributed by atoms with Crippen LogP contribution in [0.15, 0.2) is 42.5 Å². The van der Waals surface area contributed by atoms with Crippen LogP contribution in [-0.4, -0.2) is 43.5 Å². The summed E-state index contributed by atoms with van der Waals surface area (Å²) in [5.74, 6) is -0.0412. The summed E-state index contributed by atoms with van der Waals surface area (Å²) in [6.45, 7) is 7.75. The van der Waals surface area contributed by atoms with Gasteiger partial charge in [0.05, 0.1) is 0 Å². The minimum atomic E-state index is -0.223. The lowest BCUT2D eigenvalue weighted by Gasteiger charge is -2.36. The Kier molecular flexibility index (Phi) is 5.76. The smallest absolute Gasteiger partial charge is 0.224 e. The van der Waals surface area contributed by atoms with E-state index in [4.69, 9.17) is 0 Å². The Morgan fingerprint density at radius 2 is 1.73 bits per heavy atom. The standard InChI is InChI=1S/C21H26FN3O/c1-16-3-4-17(2)20(15-16)23-10-9-21(26)25-13-11-24(12-14-25)19-7-5-18(22)6-8-19/h3-8,15,23H,9-14H2,1-2H3.